The molecule has 4 N–H and O–H groups in total. The predicted molar refractivity (Wildman–Crippen MR) is 162 cm³/mol. The average Bonchev–Trinajstić information content (AvgIpc) is 3.36. The molecular weight excluding hydrogens is 600 g/mol. The maximum Gasteiger partial charge on any atom is 0.288 e. The molecule has 4 atom stereocenters. The van der Waals surface area contributed by atoms with Crippen LogP contribution in [0.15, 0.2) is 54.6 Å². The molecule has 3 heterocycles. The first-order chi connectivity index (χ1) is 22.0. The van der Waals surface area contributed by atoms with Gasteiger partial charge < -0.3 is 30.6 Å². The van der Waals surface area contributed by atoms with Gasteiger partial charge in [-0.1, -0.05) is 36.4 Å². The molecule has 242 valence electrons. The first-order valence-corrected chi connectivity index (χ1v) is 15.3. The van der Waals surface area contributed by atoms with E-state index in [1.807, 2.05) is 0 Å². The zero-order valence-corrected chi connectivity index (χ0v) is 25.2. The summed E-state index contributed by atoms with van der Waals surface area (Å²) in [5.74, 6) is -8.67. The quantitative estimate of drug-likeness (QED) is 0.199. The summed E-state index contributed by atoms with van der Waals surface area (Å²) in [6, 6.07) is 15.7. The average molecular weight is 636 g/mol. The third-order valence-electron chi connectivity index (χ3n) is 9.36. The summed E-state index contributed by atoms with van der Waals surface area (Å²) in [5.41, 5.74) is -0.0553. The molecule has 2 aliphatic heterocycles. The molecule has 3 aromatic rings. The van der Waals surface area contributed by atoms with Crippen molar-refractivity contribution in [2.45, 2.75) is 50.7 Å². The minimum Gasteiger partial charge on any atom is -0.496 e. The summed E-state index contributed by atoms with van der Waals surface area (Å²) in [6.07, 6.45) is -1.03. The van der Waals surface area contributed by atoms with Crippen LogP contribution in [-0.4, -0.2) is 71.6 Å². The number of Topliss-reactive ketones (excluding diaryl/α,β-unsaturated/α-hetero) is 1. The monoisotopic (exact) mass is 635 g/mol. The van der Waals surface area contributed by atoms with Crippen LogP contribution in [0.2, 0.25) is 0 Å². The molecule has 6 rings (SSSR count). The van der Waals surface area contributed by atoms with Crippen molar-refractivity contribution >= 4 is 40.3 Å². The van der Waals surface area contributed by atoms with Crippen LogP contribution < -0.4 is 20.7 Å². The Balaban J connectivity index is 1.24. The smallest absolute Gasteiger partial charge is 0.288 e. The number of benzene rings is 2. The summed E-state index contributed by atoms with van der Waals surface area (Å²) < 4.78 is 34.7. The van der Waals surface area contributed by atoms with E-state index in [1.165, 1.54) is 12.0 Å². The SMILES string of the molecule is COc1cccc2[nH]c(C(=O)N3C[C@]4(C[C@H]3NC(=O)C(C[C@@H]3CCCNC3=O)C(=O)C(=O)NCc3ccccc3)CC4(F)F)cc12. The minimum atomic E-state index is -3.03. The van der Waals surface area contributed by atoms with Crippen LogP contribution in [0.3, 0.4) is 0 Å². The number of methoxy groups -OCH3 is 1. The van der Waals surface area contributed by atoms with Gasteiger partial charge in [-0.25, -0.2) is 8.78 Å². The molecular formula is C33H35F2N5O6. The number of H-pyrrole nitrogens is 1. The van der Waals surface area contributed by atoms with Crippen molar-refractivity contribution in [1.82, 2.24) is 25.8 Å². The molecule has 1 aromatic heterocycles. The van der Waals surface area contributed by atoms with Crippen LogP contribution in [0.1, 0.15) is 48.2 Å². The number of nitrogens with one attached hydrogen (secondary N) is 4. The maximum atomic E-state index is 14.7. The summed E-state index contributed by atoms with van der Waals surface area (Å²) in [4.78, 5) is 70.9. The highest BCUT2D eigenvalue weighted by Crippen LogP contribution is 2.66. The molecule has 11 nitrogen and oxygen atoms in total. The number of amides is 4. The number of hydrogen-bond acceptors (Lipinski definition) is 6. The van der Waals surface area contributed by atoms with Gasteiger partial charge in [0.25, 0.3) is 17.7 Å². The van der Waals surface area contributed by atoms with E-state index < -0.39 is 59.3 Å². The summed E-state index contributed by atoms with van der Waals surface area (Å²) >= 11 is 0. The third kappa shape index (κ3) is 5.93. The number of piperidine rings is 1. The predicted octanol–water partition coefficient (Wildman–Crippen LogP) is 2.91. The minimum absolute atomic E-state index is 0.0431. The Bertz CT molecular complexity index is 1690. The van der Waals surface area contributed by atoms with E-state index >= 15 is 0 Å². The Hall–Kier alpha value is -4.81. The Labute approximate surface area is 263 Å². The van der Waals surface area contributed by atoms with Crippen molar-refractivity contribution in [3.05, 3.63) is 65.9 Å². The first-order valence-electron chi connectivity index (χ1n) is 15.3. The maximum absolute atomic E-state index is 14.7. The number of likely N-dealkylation sites (tertiary alicyclic amines) is 1. The van der Waals surface area contributed by atoms with Gasteiger partial charge in [-0.15, -0.1) is 0 Å². The molecule has 3 aliphatic rings. The number of carbonyl (C=O) groups excluding carboxylic acids is 5. The number of nitrogens with zero attached hydrogens (tertiary/aromatic N) is 1. The Morgan fingerprint density at radius 3 is 2.57 bits per heavy atom. The standard InChI is InChI=1S/C33H35F2N5O6/c1-46-25-11-5-10-23-21(25)14-24(38-23)31(45)40-18-32(17-33(32,34)35)15-26(40)39-29(43)22(13-20-9-6-12-36-28(20)42)27(41)30(44)37-16-19-7-3-2-4-8-19/h2-5,7-8,10-11,14,20,22,26,38H,6,9,12-13,15-18H2,1H3,(H,36,42)(H,37,44)(H,39,43)/t20-,22?,26-,32-/m0/s1. The van der Waals surface area contributed by atoms with Crippen LogP contribution in [0.5, 0.6) is 5.75 Å². The lowest BCUT2D eigenvalue weighted by Gasteiger charge is -2.28. The fraction of sp³-hybridized carbons (Fsp3) is 0.424. The molecule has 4 amide bonds. The molecule has 3 fully saturated rings. The van der Waals surface area contributed by atoms with Gasteiger partial charge in [0, 0.05) is 42.9 Å². The summed E-state index contributed by atoms with van der Waals surface area (Å²) in [5, 5.41) is 8.52. The van der Waals surface area contributed by atoms with Crippen molar-refractivity contribution < 1.29 is 37.5 Å². The van der Waals surface area contributed by atoms with Crippen LogP contribution in [0.25, 0.3) is 10.9 Å². The van der Waals surface area contributed by atoms with E-state index in [-0.39, 0.29) is 37.5 Å². The fourth-order valence-corrected chi connectivity index (χ4v) is 6.64. The lowest BCUT2D eigenvalue weighted by atomic mass is 9.85. The van der Waals surface area contributed by atoms with E-state index in [1.54, 1.807) is 54.6 Å². The second-order valence-electron chi connectivity index (χ2n) is 12.4. The van der Waals surface area contributed by atoms with Crippen LogP contribution in [-0.2, 0) is 25.7 Å². The van der Waals surface area contributed by atoms with Crippen molar-refractivity contribution in [3.8, 4) is 5.75 Å². The van der Waals surface area contributed by atoms with E-state index in [2.05, 4.69) is 20.9 Å². The highest BCUT2D eigenvalue weighted by atomic mass is 19.3. The van der Waals surface area contributed by atoms with E-state index in [0.717, 1.165) is 5.56 Å². The van der Waals surface area contributed by atoms with Gasteiger partial charge in [0.05, 0.1) is 12.5 Å². The van der Waals surface area contributed by atoms with E-state index in [0.29, 0.717) is 36.0 Å². The highest BCUT2D eigenvalue weighted by Gasteiger charge is 2.75. The summed E-state index contributed by atoms with van der Waals surface area (Å²) in [6.45, 7) is 0.200. The molecule has 1 unspecified atom stereocenters. The lowest BCUT2D eigenvalue weighted by molar-refractivity contribution is -0.145. The molecule has 2 aromatic carbocycles. The molecule has 13 heteroatoms. The molecule has 1 saturated carbocycles. The Morgan fingerprint density at radius 2 is 1.87 bits per heavy atom. The van der Waals surface area contributed by atoms with Crippen molar-refractivity contribution in [2.75, 3.05) is 20.2 Å². The summed E-state index contributed by atoms with van der Waals surface area (Å²) in [7, 11) is 1.49. The molecule has 1 spiro atoms. The molecule has 2 saturated heterocycles. The van der Waals surface area contributed by atoms with Gasteiger partial charge in [0.15, 0.2) is 0 Å². The van der Waals surface area contributed by atoms with Crippen molar-refractivity contribution in [1.29, 1.82) is 0 Å². The normalized spacial score (nSPS) is 23.9. The lowest BCUT2D eigenvalue weighted by Crippen LogP contribution is -2.52. The van der Waals surface area contributed by atoms with Crippen molar-refractivity contribution in [3.63, 3.8) is 0 Å². The highest BCUT2D eigenvalue weighted by molar-refractivity contribution is 6.40. The van der Waals surface area contributed by atoms with Gasteiger partial charge in [-0.05, 0) is 49.4 Å². The van der Waals surface area contributed by atoms with Gasteiger partial charge in [0.1, 0.15) is 23.5 Å². The van der Waals surface area contributed by atoms with Crippen LogP contribution in [0, 0.1) is 17.3 Å². The number of ether oxygens (including phenoxy) is 1. The van der Waals surface area contributed by atoms with E-state index in [9.17, 15) is 32.8 Å². The zero-order chi connectivity index (χ0) is 32.6. The number of aromatic nitrogens is 1. The van der Waals surface area contributed by atoms with Crippen LogP contribution >= 0.6 is 0 Å². The molecule has 0 radical (unpaired) electrons. The number of hydrogen-bond donors (Lipinski definition) is 4. The Kier molecular flexibility index (Phi) is 8.26. The molecule has 46 heavy (non-hydrogen) atoms. The first kappa shape index (κ1) is 31.2. The zero-order valence-electron chi connectivity index (χ0n) is 25.2. The fourth-order valence-electron chi connectivity index (χ4n) is 6.64. The number of aromatic amines is 1. The number of rotatable bonds is 10. The number of halogens is 2. The third-order valence-corrected chi connectivity index (χ3v) is 9.36. The van der Waals surface area contributed by atoms with Gasteiger partial charge in [0.2, 0.25) is 17.6 Å². The number of carbonyl (C=O) groups is 5. The van der Waals surface area contributed by atoms with Crippen molar-refractivity contribution in [2.24, 2.45) is 17.3 Å². The molecule has 0 bridgehead atoms. The van der Waals surface area contributed by atoms with Gasteiger partial charge in [-0.2, -0.15) is 0 Å². The van der Waals surface area contributed by atoms with Gasteiger partial charge >= 0.3 is 0 Å². The second-order valence-corrected chi connectivity index (χ2v) is 12.4. The largest absolute Gasteiger partial charge is 0.496 e. The number of fused-ring (bicyclic) bond motifs is 1. The van der Waals surface area contributed by atoms with Gasteiger partial charge in [-0.3, -0.25) is 24.0 Å². The van der Waals surface area contributed by atoms with E-state index in [4.69, 9.17) is 4.74 Å². The topological polar surface area (TPSA) is 150 Å². The molecule has 1 aliphatic carbocycles. The number of alkyl halides is 2. The number of ketones is 1. The second kappa shape index (κ2) is 12.2. The Morgan fingerprint density at radius 1 is 1.11 bits per heavy atom. The van der Waals surface area contributed by atoms with Crippen LogP contribution in [0.4, 0.5) is 8.78 Å².